The summed E-state index contributed by atoms with van der Waals surface area (Å²) in [5.41, 5.74) is 1.53. The van der Waals surface area contributed by atoms with Crippen LogP contribution in [-0.2, 0) is 9.53 Å². The number of esters is 1. The van der Waals surface area contributed by atoms with E-state index < -0.39 is 5.97 Å². The monoisotopic (exact) mass is 247 g/mol. The highest BCUT2D eigenvalue weighted by molar-refractivity contribution is 8.01. The molecule has 0 atom stereocenters. The zero-order valence-corrected chi connectivity index (χ0v) is 9.56. The number of carbonyl (C=O) groups excluding carboxylic acids is 1. The molecule has 0 aliphatic carbocycles. The van der Waals surface area contributed by atoms with Crippen molar-refractivity contribution in [3.8, 4) is 0 Å². The Balaban J connectivity index is 2.47. The number of carbonyl (C=O) groups is 2. The average molecular weight is 247 g/mol. The maximum absolute atomic E-state index is 10.8. The Hall–Kier alpha value is -1.08. The highest BCUT2D eigenvalue weighted by Gasteiger charge is 2.14. The predicted octanol–water partition coefficient (Wildman–Crippen LogP) is 1.50. The summed E-state index contributed by atoms with van der Waals surface area (Å²) < 4.78 is 5.08. The van der Waals surface area contributed by atoms with Gasteiger partial charge in [-0.1, -0.05) is 0 Å². The first-order valence-electron chi connectivity index (χ1n) is 4.01. The van der Waals surface area contributed by atoms with Gasteiger partial charge in [0.2, 0.25) is 0 Å². The van der Waals surface area contributed by atoms with Gasteiger partial charge in [0.05, 0.1) is 23.3 Å². The van der Waals surface area contributed by atoms with Gasteiger partial charge in [-0.3, -0.25) is 4.79 Å². The maximum atomic E-state index is 10.8. The zero-order valence-electron chi connectivity index (χ0n) is 7.93. The molecule has 0 bridgehead atoms. The van der Waals surface area contributed by atoms with E-state index in [4.69, 9.17) is 5.11 Å². The average Bonchev–Trinajstić information content (AvgIpc) is 2.65. The molecule has 0 aliphatic rings. The van der Waals surface area contributed by atoms with Gasteiger partial charge in [0, 0.05) is 5.75 Å². The molecular weight excluding hydrogens is 238 g/mol. The molecule has 0 fully saturated rings. The minimum Gasteiger partial charge on any atom is -0.476 e. The number of thioether (sulfide) groups is 1. The van der Waals surface area contributed by atoms with E-state index in [2.05, 4.69) is 9.72 Å². The van der Waals surface area contributed by atoms with Crippen molar-refractivity contribution >= 4 is 35.0 Å². The molecule has 0 saturated heterocycles. The smallest absolute Gasteiger partial charge is 0.356 e. The first kappa shape index (κ1) is 12.0. The molecular formula is C8H9NO4S2. The van der Waals surface area contributed by atoms with Crippen molar-refractivity contribution in [1.82, 2.24) is 4.98 Å². The molecule has 15 heavy (non-hydrogen) atoms. The fourth-order valence-electron chi connectivity index (χ4n) is 0.809. The van der Waals surface area contributed by atoms with Crippen LogP contribution in [0.3, 0.4) is 0 Å². The van der Waals surface area contributed by atoms with Crippen LogP contribution in [0.2, 0.25) is 0 Å². The van der Waals surface area contributed by atoms with Gasteiger partial charge in [0.25, 0.3) is 0 Å². The van der Waals surface area contributed by atoms with Crippen LogP contribution in [-0.4, -0.2) is 34.9 Å². The number of hydrogen-bond acceptors (Lipinski definition) is 6. The summed E-state index contributed by atoms with van der Waals surface area (Å²) in [5.74, 6) is -0.851. The third-order valence-corrected chi connectivity index (χ3v) is 3.63. The minimum absolute atomic E-state index is 0.0508. The quantitative estimate of drug-likeness (QED) is 0.627. The summed E-state index contributed by atoms with van der Waals surface area (Å²) in [6, 6.07) is 0. The Bertz CT molecular complexity index is 363. The molecule has 1 aromatic rings. The second-order valence-corrected chi connectivity index (χ2v) is 4.69. The SMILES string of the molecule is COC(=O)CCSc1scnc1C(=O)O. The van der Waals surface area contributed by atoms with Crippen LogP contribution in [0.15, 0.2) is 9.72 Å². The van der Waals surface area contributed by atoms with E-state index in [1.54, 1.807) is 0 Å². The number of carboxylic acids is 1. The van der Waals surface area contributed by atoms with Crippen molar-refractivity contribution < 1.29 is 19.4 Å². The fourth-order valence-corrected chi connectivity index (χ4v) is 2.70. The number of nitrogens with zero attached hydrogens (tertiary/aromatic N) is 1. The first-order chi connectivity index (χ1) is 7.15. The van der Waals surface area contributed by atoms with Crippen LogP contribution in [0.25, 0.3) is 0 Å². The van der Waals surface area contributed by atoms with Crippen LogP contribution in [0.5, 0.6) is 0 Å². The summed E-state index contributed by atoms with van der Waals surface area (Å²) in [7, 11) is 1.32. The first-order valence-corrected chi connectivity index (χ1v) is 5.88. The molecule has 0 spiro atoms. The molecule has 0 radical (unpaired) electrons. The van der Waals surface area contributed by atoms with Crippen LogP contribution >= 0.6 is 23.1 Å². The highest BCUT2D eigenvalue weighted by atomic mass is 32.2. The van der Waals surface area contributed by atoms with E-state index in [0.29, 0.717) is 9.96 Å². The van der Waals surface area contributed by atoms with Crippen LogP contribution < -0.4 is 0 Å². The Kier molecular flexibility index (Phi) is 4.57. The summed E-state index contributed by atoms with van der Waals surface area (Å²) in [6.45, 7) is 0. The van der Waals surface area contributed by atoms with E-state index in [0.717, 1.165) is 0 Å². The lowest BCUT2D eigenvalue weighted by Gasteiger charge is -1.98. The predicted molar refractivity (Wildman–Crippen MR) is 56.4 cm³/mol. The Morgan fingerprint density at radius 3 is 3.00 bits per heavy atom. The molecule has 1 aromatic heterocycles. The van der Waals surface area contributed by atoms with Crippen molar-refractivity contribution in [1.29, 1.82) is 0 Å². The van der Waals surface area contributed by atoms with Crippen LogP contribution in [0.4, 0.5) is 0 Å². The van der Waals surface area contributed by atoms with Gasteiger partial charge in [0.1, 0.15) is 0 Å². The lowest BCUT2D eigenvalue weighted by Crippen LogP contribution is -2.02. The Labute approximate surface area is 94.5 Å². The van der Waals surface area contributed by atoms with Crippen molar-refractivity contribution in [3.05, 3.63) is 11.2 Å². The fraction of sp³-hybridized carbons (Fsp3) is 0.375. The molecule has 7 heteroatoms. The van der Waals surface area contributed by atoms with Gasteiger partial charge in [-0.05, 0) is 0 Å². The van der Waals surface area contributed by atoms with Gasteiger partial charge >= 0.3 is 11.9 Å². The van der Waals surface area contributed by atoms with Gasteiger partial charge in [-0.2, -0.15) is 0 Å². The van der Waals surface area contributed by atoms with Crippen molar-refractivity contribution in [3.63, 3.8) is 0 Å². The Morgan fingerprint density at radius 1 is 1.67 bits per heavy atom. The topological polar surface area (TPSA) is 76.5 Å². The molecule has 0 aromatic carbocycles. The van der Waals surface area contributed by atoms with Crippen molar-refractivity contribution in [2.24, 2.45) is 0 Å². The maximum Gasteiger partial charge on any atom is 0.356 e. The molecule has 0 amide bonds. The van der Waals surface area contributed by atoms with E-state index in [-0.39, 0.29) is 18.1 Å². The minimum atomic E-state index is -1.04. The van der Waals surface area contributed by atoms with Crippen molar-refractivity contribution in [2.45, 2.75) is 10.6 Å². The van der Waals surface area contributed by atoms with E-state index in [1.807, 2.05) is 0 Å². The molecule has 0 saturated carbocycles. The normalized spacial score (nSPS) is 9.93. The van der Waals surface area contributed by atoms with E-state index >= 15 is 0 Å². The number of aromatic nitrogens is 1. The number of thiazole rings is 1. The molecule has 1 rings (SSSR count). The Morgan fingerprint density at radius 2 is 2.40 bits per heavy atom. The summed E-state index contributed by atoms with van der Waals surface area (Å²) in [4.78, 5) is 25.2. The van der Waals surface area contributed by atoms with Gasteiger partial charge in [0.15, 0.2) is 5.69 Å². The zero-order chi connectivity index (χ0) is 11.3. The van der Waals surface area contributed by atoms with Crippen LogP contribution in [0, 0.1) is 0 Å². The molecule has 82 valence electrons. The summed E-state index contributed by atoms with van der Waals surface area (Å²) in [6.07, 6.45) is 0.262. The number of hydrogen-bond donors (Lipinski definition) is 1. The number of rotatable bonds is 5. The van der Waals surface area contributed by atoms with Gasteiger partial charge in [-0.15, -0.1) is 23.1 Å². The van der Waals surface area contributed by atoms with Crippen molar-refractivity contribution in [2.75, 3.05) is 12.9 Å². The molecule has 5 nitrogen and oxygen atoms in total. The molecule has 0 aliphatic heterocycles. The summed E-state index contributed by atoms with van der Waals surface area (Å²) in [5, 5.41) is 8.75. The van der Waals surface area contributed by atoms with Crippen LogP contribution in [0.1, 0.15) is 16.9 Å². The third kappa shape index (κ3) is 3.52. The second-order valence-electron chi connectivity index (χ2n) is 2.47. The summed E-state index contributed by atoms with van der Waals surface area (Å²) >= 11 is 2.56. The number of aromatic carboxylic acids is 1. The number of carboxylic acid groups (broad SMARTS) is 1. The van der Waals surface area contributed by atoms with E-state index in [1.165, 1.54) is 35.7 Å². The lowest BCUT2D eigenvalue weighted by molar-refractivity contribution is -0.140. The van der Waals surface area contributed by atoms with Gasteiger partial charge in [-0.25, -0.2) is 9.78 Å². The number of ether oxygens (including phenoxy) is 1. The van der Waals surface area contributed by atoms with E-state index in [9.17, 15) is 9.59 Å². The molecule has 0 unspecified atom stereocenters. The molecule has 1 heterocycles. The third-order valence-electron chi connectivity index (χ3n) is 1.50. The highest BCUT2D eigenvalue weighted by Crippen LogP contribution is 2.27. The standard InChI is InChI=1S/C8H9NO4S2/c1-13-5(10)2-3-14-8-6(7(11)12)9-4-15-8/h4H,2-3H2,1H3,(H,11,12). The van der Waals surface area contributed by atoms with Gasteiger partial charge < -0.3 is 9.84 Å². The molecule has 1 N–H and O–H groups in total. The second kappa shape index (κ2) is 5.72. The largest absolute Gasteiger partial charge is 0.476 e. The lowest BCUT2D eigenvalue weighted by atomic mass is 10.5. The number of methoxy groups -OCH3 is 1.